The molecule has 1 atom stereocenters. The summed E-state index contributed by atoms with van der Waals surface area (Å²) in [4.78, 5) is 36.7. The van der Waals surface area contributed by atoms with Crippen LogP contribution in [-0.4, -0.2) is 48.5 Å². The minimum absolute atomic E-state index is 0.142. The van der Waals surface area contributed by atoms with Gasteiger partial charge in [-0.25, -0.2) is 4.79 Å². The van der Waals surface area contributed by atoms with E-state index in [1.165, 1.54) is 11.8 Å². The van der Waals surface area contributed by atoms with Crippen LogP contribution in [0, 0.1) is 0 Å². The van der Waals surface area contributed by atoms with E-state index >= 15 is 0 Å². The Morgan fingerprint density at radius 2 is 1.88 bits per heavy atom. The summed E-state index contributed by atoms with van der Waals surface area (Å²) in [6, 6.07) is 8.90. The van der Waals surface area contributed by atoms with Gasteiger partial charge in [-0.3, -0.25) is 14.5 Å². The molecule has 7 heteroatoms. The second kappa shape index (κ2) is 8.90. The Morgan fingerprint density at radius 1 is 1.17 bits per heavy atom. The van der Waals surface area contributed by atoms with E-state index in [-0.39, 0.29) is 18.4 Å². The average molecular weight is 333 g/mol. The van der Waals surface area contributed by atoms with Crippen LogP contribution in [0.15, 0.2) is 30.3 Å². The van der Waals surface area contributed by atoms with Crippen LogP contribution in [0.25, 0.3) is 0 Å². The molecule has 0 radical (unpaired) electrons. The highest BCUT2D eigenvalue weighted by Crippen LogP contribution is 2.19. The van der Waals surface area contributed by atoms with E-state index in [0.29, 0.717) is 26.1 Å². The van der Waals surface area contributed by atoms with E-state index in [4.69, 9.17) is 4.74 Å². The van der Waals surface area contributed by atoms with Crippen LogP contribution in [0.3, 0.4) is 0 Å². The molecular weight excluding hydrogens is 310 g/mol. The molecule has 1 saturated heterocycles. The third-order valence-corrected chi connectivity index (χ3v) is 3.79. The molecule has 0 aromatic heterocycles. The van der Waals surface area contributed by atoms with Gasteiger partial charge in [-0.15, -0.1) is 0 Å². The number of carbonyl (C=O) groups is 3. The Balaban J connectivity index is 1.79. The van der Waals surface area contributed by atoms with Gasteiger partial charge < -0.3 is 15.4 Å². The first-order valence-electron chi connectivity index (χ1n) is 8.07. The van der Waals surface area contributed by atoms with Gasteiger partial charge in [0.2, 0.25) is 11.8 Å². The van der Waals surface area contributed by atoms with Crippen molar-refractivity contribution in [2.24, 2.45) is 0 Å². The van der Waals surface area contributed by atoms with Crippen LogP contribution >= 0.6 is 0 Å². The fourth-order valence-corrected chi connectivity index (χ4v) is 2.60. The SMILES string of the molecule is CC(=O)NCCNC(=O)C1CCCN1C(=O)OCc1ccccc1. The molecule has 7 nitrogen and oxygen atoms in total. The maximum atomic E-state index is 12.2. The van der Waals surface area contributed by atoms with Gasteiger partial charge in [0.1, 0.15) is 12.6 Å². The highest BCUT2D eigenvalue weighted by molar-refractivity contribution is 5.86. The zero-order chi connectivity index (χ0) is 17.4. The predicted molar refractivity (Wildman–Crippen MR) is 88.0 cm³/mol. The van der Waals surface area contributed by atoms with Gasteiger partial charge >= 0.3 is 6.09 Å². The van der Waals surface area contributed by atoms with Crippen LogP contribution in [0.5, 0.6) is 0 Å². The lowest BCUT2D eigenvalue weighted by Crippen LogP contribution is -2.47. The van der Waals surface area contributed by atoms with Gasteiger partial charge in [0, 0.05) is 26.6 Å². The first kappa shape index (κ1) is 17.8. The van der Waals surface area contributed by atoms with Crippen LogP contribution in [-0.2, 0) is 20.9 Å². The molecule has 0 aliphatic carbocycles. The molecule has 1 heterocycles. The number of nitrogens with zero attached hydrogens (tertiary/aromatic N) is 1. The van der Waals surface area contributed by atoms with Gasteiger partial charge in [0.15, 0.2) is 0 Å². The summed E-state index contributed by atoms with van der Waals surface area (Å²) >= 11 is 0. The smallest absolute Gasteiger partial charge is 0.410 e. The molecule has 0 spiro atoms. The van der Waals surface area contributed by atoms with Crippen LogP contribution in [0.2, 0.25) is 0 Å². The summed E-state index contributed by atoms with van der Waals surface area (Å²) in [5.41, 5.74) is 0.904. The molecule has 0 saturated carbocycles. The van der Waals surface area contributed by atoms with E-state index in [1.807, 2.05) is 30.3 Å². The maximum absolute atomic E-state index is 12.2. The summed E-state index contributed by atoms with van der Waals surface area (Å²) in [5.74, 6) is -0.356. The molecule has 130 valence electrons. The number of rotatable bonds is 6. The average Bonchev–Trinajstić information content (AvgIpc) is 3.07. The number of carbonyl (C=O) groups excluding carboxylic acids is 3. The standard InChI is InChI=1S/C17H23N3O4/c1-13(21)18-9-10-19-16(22)15-8-5-11-20(15)17(23)24-12-14-6-3-2-4-7-14/h2-4,6-7,15H,5,8-12H2,1H3,(H,18,21)(H,19,22). The van der Waals surface area contributed by atoms with Crippen molar-refractivity contribution in [3.05, 3.63) is 35.9 Å². The Bertz CT molecular complexity index is 576. The molecule has 0 bridgehead atoms. The maximum Gasteiger partial charge on any atom is 0.410 e. The molecule has 24 heavy (non-hydrogen) atoms. The highest BCUT2D eigenvalue weighted by atomic mass is 16.6. The molecule has 2 rings (SSSR count). The Kier molecular flexibility index (Phi) is 6.60. The van der Waals surface area contributed by atoms with Crippen molar-refractivity contribution < 1.29 is 19.1 Å². The first-order valence-corrected chi connectivity index (χ1v) is 8.07. The number of benzene rings is 1. The Morgan fingerprint density at radius 3 is 2.58 bits per heavy atom. The van der Waals surface area contributed by atoms with Crippen LogP contribution in [0.1, 0.15) is 25.3 Å². The third-order valence-electron chi connectivity index (χ3n) is 3.79. The largest absolute Gasteiger partial charge is 0.445 e. The predicted octanol–water partition coefficient (Wildman–Crippen LogP) is 1.04. The lowest BCUT2D eigenvalue weighted by molar-refractivity contribution is -0.125. The number of amides is 3. The lowest BCUT2D eigenvalue weighted by Gasteiger charge is -2.23. The molecule has 1 aromatic rings. The number of hydrogen-bond acceptors (Lipinski definition) is 4. The highest BCUT2D eigenvalue weighted by Gasteiger charge is 2.34. The van der Waals surface area contributed by atoms with Gasteiger partial charge in [-0.05, 0) is 18.4 Å². The van der Waals surface area contributed by atoms with Crippen molar-refractivity contribution in [1.29, 1.82) is 0 Å². The minimum Gasteiger partial charge on any atom is -0.445 e. The van der Waals surface area contributed by atoms with Crippen molar-refractivity contribution in [3.8, 4) is 0 Å². The molecule has 1 unspecified atom stereocenters. The zero-order valence-electron chi connectivity index (χ0n) is 13.8. The number of nitrogens with one attached hydrogen (secondary N) is 2. The van der Waals surface area contributed by atoms with Crippen LogP contribution in [0.4, 0.5) is 4.79 Å². The van der Waals surface area contributed by atoms with Crippen molar-refractivity contribution in [2.75, 3.05) is 19.6 Å². The van der Waals surface area contributed by atoms with Crippen molar-refractivity contribution in [2.45, 2.75) is 32.4 Å². The van der Waals surface area contributed by atoms with Crippen molar-refractivity contribution >= 4 is 17.9 Å². The molecule has 1 fully saturated rings. The topological polar surface area (TPSA) is 87.7 Å². The van der Waals surface area contributed by atoms with Gasteiger partial charge in [0.05, 0.1) is 0 Å². The fraction of sp³-hybridized carbons (Fsp3) is 0.471. The summed E-state index contributed by atoms with van der Waals surface area (Å²) in [6.45, 7) is 2.82. The molecule has 1 aliphatic rings. The molecule has 1 aromatic carbocycles. The lowest BCUT2D eigenvalue weighted by atomic mass is 10.2. The second-order valence-corrected chi connectivity index (χ2v) is 5.67. The molecule has 3 amide bonds. The second-order valence-electron chi connectivity index (χ2n) is 5.67. The zero-order valence-corrected chi connectivity index (χ0v) is 13.8. The van der Waals surface area contributed by atoms with Crippen molar-refractivity contribution in [1.82, 2.24) is 15.5 Å². The van der Waals surface area contributed by atoms with Crippen molar-refractivity contribution in [3.63, 3.8) is 0 Å². The number of likely N-dealkylation sites (tertiary alicyclic amines) is 1. The van der Waals surface area contributed by atoms with Gasteiger partial charge in [0.25, 0.3) is 0 Å². The first-order chi connectivity index (χ1) is 11.6. The summed E-state index contributed by atoms with van der Waals surface area (Å²) < 4.78 is 5.30. The summed E-state index contributed by atoms with van der Waals surface area (Å²) in [5, 5.41) is 5.34. The van der Waals surface area contributed by atoms with Crippen LogP contribution < -0.4 is 10.6 Å². The van der Waals surface area contributed by atoms with E-state index in [9.17, 15) is 14.4 Å². The fourth-order valence-electron chi connectivity index (χ4n) is 2.60. The van der Waals surface area contributed by atoms with Gasteiger partial charge in [-0.1, -0.05) is 30.3 Å². The normalized spacial score (nSPS) is 16.5. The summed E-state index contributed by atoms with van der Waals surface area (Å²) in [6.07, 6.45) is 0.912. The van der Waals surface area contributed by atoms with E-state index in [1.54, 1.807) is 0 Å². The Hall–Kier alpha value is -2.57. The van der Waals surface area contributed by atoms with Gasteiger partial charge in [-0.2, -0.15) is 0 Å². The Labute approximate surface area is 141 Å². The van der Waals surface area contributed by atoms with E-state index in [0.717, 1.165) is 12.0 Å². The molecule has 2 N–H and O–H groups in total. The van der Waals surface area contributed by atoms with E-state index < -0.39 is 12.1 Å². The monoisotopic (exact) mass is 333 g/mol. The number of ether oxygens (including phenoxy) is 1. The number of hydrogen-bond donors (Lipinski definition) is 2. The van der Waals surface area contributed by atoms with E-state index in [2.05, 4.69) is 10.6 Å². The molecule has 1 aliphatic heterocycles. The minimum atomic E-state index is -0.509. The quantitative estimate of drug-likeness (QED) is 0.762. The molecular formula is C17H23N3O4. The summed E-state index contributed by atoms with van der Waals surface area (Å²) in [7, 11) is 0. The third kappa shape index (κ3) is 5.26.